The fourth-order valence-electron chi connectivity index (χ4n) is 2.71. The number of benzene rings is 1. The molecule has 0 atom stereocenters. The highest BCUT2D eigenvalue weighted by Gasteiger charge is 2.17. The van der Waals surface area contributed by atoms with Crippen LogP contribution in [-0.2, 0) is 11.3 Å². The predicted molar refractivity (Wildman–Crippen MR) is 82.8 cm³/mol. The third-order valence-electron chi connectivity index (χ3n) is 3.89. The molecule has 1 aliphatic rings. The SMILES string of the molecule is CCN(Cc1cccc(Cl)c1)C(=O)CNC1CCCC1. The van der Waals surface area contributed by atoms with Crippen molar-refractivity contribution in [1.82, 2.24) is 10.2 Å². The van der Waals surface area contributed by atoms with E-state index in [-0.39, 0.29) is 5.91 Å². The fraction of sp³-hybridized carbons (Fsp3) is 0.562. The summed E-state index contributed by atoms with van der Waals surface area (Å²) >= 11 is 5.98. The number of rotatable bonds is 6. The second-order valence-electron chi connectivity index (χ2n) is 5.40. The van der Waals surface area contributed by atoms with Crippen molar-refractivity contribution in [3.05, 3.63) is 34.9 Å². The Morgan fingerprint density at radius 2 is 2.15 bits per heavy atom. The van der Waals surface area contributed by atoms with Crippen LogP contribution in [-0.4, -0.2) is 29.9 Å². The van der Waals surface area contributed by atoms with Crippen molar-refractivity contribution in [2.75, 3.05) is 13.1 Å². The lowest BCUT2D eigenvalue weighted by Gasteiger charge is -2.22. The molecule has 1 saturated carbocycles. The topological polar surface area (TPSA) is 32.3 Å². The normalized spacial score (nSPS) is 15.5. The summed E-state index contributed by atoms with van der Waals surface area (Å²) in [6.45, 7) is 3.80. The van der Waals surface area contributed by atoms with Crippen LogP contribution < -0.4 is 5.32 Å². The molecule has 1 N–H and O–H groups in total. The summed E-state index contributed by atoms with van der Waals surface area (Å²) in [6.07, 6.45) is 4.97. The maximum Gasteiger partial charge on any atom is 0.236 e. The van der Waals surface area contributed by atoms with Crippen LogP contribution in [0.5, 0.6) is 0 Å². The van der Waals surface area contributed by atoms with Crippen LogP contribution in [0.2, 0.25) is 5.02 Å². The van der Waals surface area contributed by atoms with Gasteiger partial charge in [0.1, 0.15) is 0 Å². The van der Waals surface area contributed by atoms with E-state index in [9.17, 15) is 4.79 Å². The first-order valence-corrected chi connectivity index (χ1v) is 7.82. The predicted octanol–water partition coefficient (Wildman–Crippen LogP) is 3.22. The van der Waals surface area contributed by atoms with Crippen LogP contribution >= 0.6 is 11.6 Å². The molecule has 0 unspecified atom stereocenters. The Hall–Kier alpha value is -1.06. The third kappa shape index (κ3) is 4.50. The molecule has 4 heteroatoms. The van der Waals surface area contributed by atoms with Crippen LogP contribution in [0.25, 0.3) is 0 Å². The second kappa shape index (κ2) is 7.65. The minimum atomic E-state index is 0.166. The smallest absolute Gasteiger partial charge is 0.236 e. The van der Waals surface area contributed by atoms with Gasteiger partial charge in [-0.2, -0.15) is 0 Å². The van der Waals surface area contributed by atoms with E-state index >= 15 is 0 Å². The molecule has 0 aliphatic heterocycles. The van der Waals surface area contributed by atoms with Gasteiger partial charge in [0.25, 0.3) is 0 Å². The summed E-state index contributed by atoms with van der Waals surface area (Å²) in [6, 6.07) is 8.23. The van der Waals surface area contributed by atoms with Gasteiger partial charge in [0.15, 0.2) is 0 Å². The standard InChI is InChI=1S/C16H23ClN2O/c1-2-19(12-13-6-5-7-14(17)10-13)16(20)11-18-15-8-3-4-9-15/h5-7,10,15,18H,2-4,8-9,11-12H2,1H3. The van der Waals surface area contributed by atoms with Gasteiger partial charge in [-0.3, -0.25) is 4.79 Å². The van der Waals surface area contributed by atoms with Gasteiger partial charge < -0.3 is 10.2 Å². The maximum absolute atomic E-state index is 12.3. The number of hydrogen-bond acceptors (Lipinski definition) is 2. The van der Waals surface area contributed by atoms with E-state index in [1.807, 2.05) is 36.1 Å². The van der Waals surface area contributed by atoms with Crippen molar-refractivity contribution < 1.29 is 4.79 Å². The van der Waals surface area contributed by atoms with E-state index in [0.29, 0.717) is 19.1 Å². The van der Waals surface area contributed by atoms with Crippen LogP contribution in [0.3, 0.4) is 0 Å². The Balaban J connectivity index is 1.85. The largest absolute Gasteiger partial charge is 0.338 e. The van der Waals surface area contributed by atoms with Gasteiger partial charge in [0, 0.05) is 24.2 Å². The lowest BCUT2D eigenvalue weighted by atomic mass is 10.2. The third-order valence-corrected chi connectivity index (χ3v) is 4.13. The van der Waals surface area contributed by atoms with E-state index in [1.165, 1.54) is 25.7 Å². The number of likely N-dealkylation sites (N-methyl/N-ethyl adjacent to an activating group) is 1. The lowest BCUT2D eigenvalue weighted by molar-refractivity contribution is -0.130. The lowest BCUT2D eigenvalue weighted by Crippen LogP contribution is -2.40. The van der Waals surface area contributed by atoms with Crippen molar-refractivity contribution in [1.29, 1.82) is 0 Å². The molecule has 0 spiro atoms. The zero-order valence-corrected chi connectivity index (χ0v) is 12.8. The maximum atomic E-state index is 12.3. The number of halogens is 1. The molecular weight excluding hydrogens is 272 g/mol. The summed E-state index contributed by atoms with van der Waals surface area (Å²) < 4.78 is 0. The number of carbonyl (C=O) groups is 1. The first kappa shape index (κ1) is 15.3. The van der Waals surface area contributed by atoms with E-state index in [0.717, 1.165) is 17.1 Å². The second-order valence-corrected chi connectivity index (χ2v) is 5.84. The van der Waals surface area contributed by atoms with Gasteiger partial charge in [-0.05, 0) is 37.5 Å². The zero-order valence-electron chi connectivity index (χ0n) is 12.1. The summed E-state index contributed by atoms with van der Waals surface area (Å²) in [5.74, 6) is 0.166. The number of nitrogens with one attached hydrogen (secondary N) is 1. The number of amides is 1. The highest BCUT2D eigenvalue weighted by Crippen LogP contribution is 2.17. The molecule has 1 aromatic rings. The summed E-state index contributed by atoms with van der Waals surface area (Å²) in [7, 11) is 0. The molecule has 0 radical (unpaired) electrons. The first-order chi connectivity index (χ1) is 9.69. The molecule has 0 bridgehead atoms. The van der Waals surface area contributed by atoms with Gasteiger partial charge in [-0.15, -0.1) is 0 Å². The van der Waals surface area contributed by atoms with Crippen LogP contribution in [0.1, 0.15) is 38.2 Å². The Morgan fingerprint density at radius 3 is 2.80 bits per heavy atom. The average molecular weight is 295 g/mol. The van der Waals surface area contributed by atoms with E-state index < -0.39 is 0 Å². The van der Waals surface area contributed by atoms with Gasteiger partial charge in [-0.1, -0.05) is 36.6 Å². The zero-order chi connectivity index (χ0) is 14.4. The first-order valence-electron chi connectivity index (χ1n) is 7.44. The minimum Gasteiger partial charge on any atom is -0.338 e. The molecule has 20 heavy (non-hydrogen) atoms. The number of hydrogen-bond donors (Lipinski definition) is 1. The van der Waals surface area contributed by atoms with Crippen molar-refractivity contribution in [3.63, 3.8) is 0 Å². The summed E-state index contributed by atoms with van der Waals surface area (Å²) in [4.78, 5) is 14.1. The fourth-order valence-corrected chi connectivity index (χ4v) is 2.92. The average Bonchev–Trinajstić information content (AvgIpc) is 2.95. The Morgan fingerprint density at radius 1 is 1.40 bits per heavy atom. The molecule has 1 amide bonds. The Labute approximate surface area is 126 Å². The highest BCUT2D eigenvalue weighted by molar-refractivity contribution is 6.30. The van der Waals surface area contributed by atoms with Crippen molar-refractivity contribution in [2.45, 2.75) is 45.2 Å². The highest BCUT2D eigenvalue weighted by atomic mass is 35.5. The van der Waals surface area contributed by atoms with Gasteiger partial charge in [-0.25, -0.2) is 0 Å². The molecule has 2 rings (SSSR count). The molecular formula is C16H23ClN2O. The molecule has 110 valence electrons. The summed E-state index contributed by atoms with van der Waals surface area (Å²) in [5, 5.41) is 4.09. The van der Waals surface area contributed by atoms with Gasteiger partial charge in [0.05, 0.1) is 6.54 Å². The molecule has 1 aliphatic carbocycles. The number of carbonyl (C=O) groups excluding carboxylic acids is 1. The monoisotopic (exact) mass is 294 g/mol. The number of nitrogens with zero attached hydrogens (tertiary/aromatic N) is 1. The molecule has 1 fully saturated rings. The molecule has 0 saturated heterocycles. The van der Waals surface area contributed by atoms with Gasteiger partial charge in [0.2, 0.25) is 5.91 Å². The van der Waals surface area contributed by atoms with Crippen molar-refractivity contribution >= 4 is 17.5 Å². The van der Waals surface area contributed by atoms with Crippen molar-refractivity contribution in [2.24, 2.45) is 0 Å². The molecule has 1 aromatic carbocycles. The molecule has 0 heterocycles. The van der Waals surface area contributed by atoms with Crippen LogP contribution in [0.15, 0.2) is 24.3 Å². The van der Waals surface area contributed by atoms with Crippen molar-refractivity contribution in [3.8, 4) is 0 Å². The Kier molecular flexibility index (Phi) is 5.86. The van der Waals surface area contributed by atoms with Gasteiger partial charge >= 0.3 is 0 Å². The molecule has 0 aromatic heterocycles. The van der Waals surface area contributed by atoms with E-state index in [4.69, 9.17) is 11.6 Å². The van der Waals surface area contributed by atoms with E-state index in [2.05, 4.69) is 5.32 Å². The van der Waals surface area contributed by atoms with Crippen LogP contribution in [0.4, 0.5) is 0 Å². The summed E-state index contributed by atoms with van der Waals surface area (Å²) in [5.41, 5.74) is 1.08. The van der Waals surface area contributed by atoms with Crippen LogP contribution in [0, 0.1) is 0 Å². The quantitative estimate of drug-likeness (QED) is 0.874. The Bertz CT molecular complexity index is 444. The minimum absolute atomic E-state index is 0.166. The van der Waals surface area contributed by atoms with E-state index in [1.54, 1.807) is 0 Å². The molecule has 3 nitrogen and oxygen atoms in total.